The molecule has 1 fully saturated rings. The highest BCUT2D eigenvalue weighted by molar-refractivity contribution is 5.67. The van der Waals surface area contributed by atoms with Crippen molar-refractivity contribution in [2.24, 2.45) is 0 Å². The average Bonchev–Trinajstić information content (AvgIpc) is 3.29. The molecule has 144 valence electrons. The van der Waals surface area contributed by atoms with Crippen LogP contribution in [0.5, 0.6) is 11.5 Å². The Bertz CT molecular complexity index is 941. The molecule has 2 heterocycles. The van der Waals surface area contributed by atoms with Crippen LogP contribution in [-0.2, 0) is 0 Å². The molecule has 0 amide bonds. The Kier molecular flexibility index (Phi) is 5.28. The maximum absolute atomic E-state index is 5.40. The van der Waals surface area contributed by atoms with E-state index in [-0.39, 0.29) is 0 Å². The molecule has 1 aromatic heterocycles. The van der Waals surface area contributed by atoms with E-state index in [9.17, 15) is 0 Å². The number of benzene rings is 2. The molecular formula is C22H24N4O2. The first-order valence-corrected chi connectivity index (χ1v) is 9.45. The van der Waals surface area contributed by atoms with Crippen molar-refractivity contribution in [2.45, 2.75) is 12.8 Å². The van der Waals surface area contributed by atoms with Crippen molar-refractivity contribution in [3.05, 3.63) is 54.6 Å². The molecule has 0 atom stereocenters. The van der Waals surface area contributed by atoms with Crippen LogP contribution in [-0.4, -0.2) is 37.3 Å². The van der Waals surface area contributed by atoms with Gasteiger partial charge in [0.25, 0.3) is 0 Å². The molecule has 28 heavy (non-hydrogen) atoms. The summed E-state index contributed by atoms with van der Waals surface area (Å²) in [6.45, 7) is 2.06. The van der Waals surface area contributed by atoms with E-state index < -0.39 is 0 Å². The van der Waals surface area contributed by atoms with Gasteiger partial charge < -0.3 is 19.7 Å². The summed E-state index contributed by atoms with van der Waals surface area (Å²) >= 11 is 0. The first-order chi connectivity index (χ1) is 13.8. The predicted octanol–water partition coefficient (Wildman–Crippen LogP) is 4.50. The third-order valence-electron chi connectivity index (χ3n) is 4.85. The summed E-state index contributed by atoms with van der Waals surface area (Å²) in [6.07, 6.45) is 2.40. The van der Waals surface area contributed by atoms with Gasteiger partial charge in [-0.25, -0.2) is 4.98 Å². The number of nitrogens with one attached hydrogen (secondary N) is 1. The highest BCUT2D eigenvalue weighted by Crippen LogP contribution is 2.32. The van der Waals surface area contributed by atoms with Gasteiger partial charge in [-0.1, -0.05) is 30.3 Å². The van der Waals surface area contributed by atoms with E-state index in [1.807, 2.05) is 36.4 Å². The summed E-state index contributed by atoms with van der Waals surface area (Å²) in [4.78, 5) is 11.8. The normalized spacial score (nSPS) is 13.4. The Balaban J connectivity index is 1.70. The third kappa shape index (κ3) is 3.86. The number of nitrogens with zero attached hydrogens (tertiary/aromatic N) is 3. The highest BCUT2D eigenvalue weighted by Gasteiger charge is 2.17. The quantitative estimate of drug-likeness (QED) is 0.683. The van der Waals surface area contributed by atoms with Gasteiger partial charge in [-0.3, -0.25) is 0 Å². The molecule has 1 saturated heterocycles. The van der Waals surface area contributed by atoms with Gasteiger partial charge in [0, 0.05) is 36.5 Å². The zero-order chi connectivity index (χ0) is 19.3. The predicted molar refractivity (Wildman–Crippen MR) is 112 cm³/mol. The zero-order valence-corrected chi connectivity index (χ0v) is 16.2. The second-order valence-corrected chi connectivity index (χ2v) is 6.69. The molecule has 1 aliphatic rings. The van der Waals surface area contributed by atoms with Crippen molar-refractivity contribution in [3.63, 3.8) is 0 Å². The monoisotopic (exact) mass is 376 g/mol. The minimum absolute atomic E-state index is 0.565. The van der Waals surface area contributed by atoms with E-state index in [4.69, 9.17) is 19.4 Å². The molecule has 0 aliphatic carbocycles. The van der Waals surface area contributed by atoms with Gasteiger partial charge in [-0.05, 0) is 25.0 Å². The van der Waals surface area contributed by atoms with E-state index in [2.05, 4.69) is 28.4 Å². The molecule has 0 bridgehead atoms. The van der Waals surface area contributed by atoms with E-state index in [0.29, 0.717) is 17.4 Å². The highest BCUT2D eigenvalue weighted by atomic mass is 16.5. The van der Waals surface area contributed by atoms with Gasteiger partial charge >= 0.3 is 0 Å². The van der Waals surface area contributed by atoms with Crippen molar-refractivity contribution in [1.29, 1.82) is 0 Å². The van der Waals surface area contributed by atoms with Gasteiger partial charge in [-0.15, -0.1) is 0 Å². The fourth-order valence-corrected chi connectivity index (χ4v) is 3.40. The smallest absolute Gasteiger partial charge is 0.229 e. The topological polar surface area (TPSA) is 59.5 Å². The van der Waals surface area contributed by atoms with Gasteiger partial charge in [0.2, 0.25) is 5.95 Å². The summed E-state index contributed by atoms with van der Waals surface area (Å²) in [6, 6.07) is 17.9. The molecule has 0 unspecified atom stereocenters. The number of rotatable bonds is 6. The van der Waals surface area contributed by atoms with Crippen molar-refractivity contribution >= 4 is 17.5 Å². The van der Waals surface area contributed by atoms with Gasteiger partial charge in [0.05, 0.1) is 19.9 Å². The Labute approximate surface area is 165 Å². The Morgan fingerprint density at radius 2 is 1.61 bits per heavy atom. The largest absolute Gasteiger partial charge is 0.493 e. The molecule has 0 saturated carbocycles. The van der Waals surface area contributed by atoms with Crippen molar-refractivity contribution in [1.82, 2.24) is 9.97 Å². The maximum Gasteiger partial charge on any atom is 0.229 e. The summed E-state index contributed by atoms with van der Waals surface area (Å²) in [5.74, 6) is 2.86. The van der Waals surface area contributed by atoms with Crippen molar-refractivity contribution < 1.29 is 9.47 Å². The number of anilines is 3. The number of hydrogen-bond acceptors (Lipinski definition) is 6. The molecule has 0 spiro atoms. The lowest BCUT2D eigenvalue weighted by Crippen LogP contribution is -2.19. The molecule has 6 nitrogen and oxygen atoms in total. The van der Waals surface area contributed by atoms with Crippen molar-refractivity contribution in [2.75, 3.05) is 37.5 Å². The molecule has 1 aliphatic heterocycles. The van der Waals surface area contributed by atoms with Crippen molar-refractivity contribution in [3.8, 4) is 22.8 Å². The van der Waals surface area contributed by atoms with Crippen LogP contribution in [0, 0.1) is 0 Å². The SMILES string of the molecule is COc1ccc(Nc2nc(-c3ccccc3)cc(N3CCCC3)n2)cc1OC. The van der Waals surface area contributed by atoms with Crippen LogP contribution >= 0.6 is 0 Å². The lowest BCUT2D eigenvalue weighted by atomic mass is 10.1. The maximum atomic E-state index is 5.40. The van der Waals surface area contributed by atoms with Gasteiger partial charge in [0.15, 0.2) is 11.5 Å². The molecule has 6 heteroatoms. The molecule has 4 rings (SSSR count). The van der Waals surface area contributed by atoms with Crippen LogP contribution in [0.4, 0.5) is 17.5 Å². The molecule has 2 aromatic carbocycles. The molecule has 3 aromatic rings. The number of methoxy groups -OCH3 is 2. The van der Waals surface area contributed by atoms with Crippen LogP contribution < -0.4 is 19.7 Å². The van der Waals surface area contributed by atoms with Crippen LogP contribution in [0.15, 0.2) is 54.6 Å². The second kappa shape index (κ2) is 8.17. The number of aromatic nitrogens is 2. The number of hydrogen-bond donors (Lipinski definition) is 1. The lowest BCUT2D eigenvalue weighted by molar-refractivity contribution is 0.355. The fourth-order valence-electron chi connectivity index (χ4n) is 3.40. The first-order valence-electron chi connectivity index (χ1n) is 9.45. The minimum Gasteiger partial charge on any atom is -0.493 e. The first kappa shape index (κ1) is 18.1. The lowest BCUT2D eigenvalue weighted by Gasteiger charge is -2.18. The van der Waals surface area contributed by atoms with Crippen LogP contribution in [0.2, 0.25) is 0 Å². The van der Waals surface area contributed by atoms with Crippen LogP contribution in [0.1, 0.15) is 12.8 Å². The van der Waals surface area contributed by atoms with E-state index in [1.165, 1.54) is 12.8 Å². The summed E-state index contributed by atoms with van der Waals surface area (Å²) < 4.78 is 10.7. The van der Waals surface area contributed by atoms with E-state index in [0.717, 1.165) is 35.9 Å². The standard InChI is InChI=1S/C22H24N4O2/c1-27-19-11-10-17(14-20(19)28-2)23-22-24-18(16-8-4-3-5-9-16)15-21(25-22)26-12-6-7-13-26/h3-5,8-11,14-15H,6-7,12-13H2,1-2H3,(H,23,24,25). The number of ether oxygens (including phenoxy) is 2. The Morgan fingerprint density at radius 3 is 2.32 bits per heavy atom. The minimum atomic E-state index is 0.565. The average molecular weight is 376 g/mol. The Morgan fingerprint density at radius 1 is 0.857 bits per heavy atom. The second-order valence-electron chi connectivity index (χ2n) is 6.69. The van der Waals surface area contributed by atoms with E-state index >= 15 is 0 Å². The summed E-state index contributed by atoms with van der Waals surface area (Å²) in [7, 11) is 3.25. The van der Waals surface area contributed by atoms with Crippen LogP contribution in [0.3, 0.4) is 0 Å². The van der Waals surface area contributed by atoms with E-state index in [1.54, 1.807) is 14.2 Å². The third-order valence-corrected chi connectivity index (χ3v) is 4.85. The summed E-state index contributed by atoms with van der Waals surface area (Å²) in [5, 5.41) is 3.32. The molecule has 0 radical (unpaired) electrons. The van der Waals surface area contributed by atoms with Gasteiger partial charge in [0.1, 0.15) is 5.82 Å². The fraction of sp³-hybridized carbons (Fsp3) is 0.273. The summed E-state index contributed by atoms with van der Waals surface area (Å²) in [5.41, 5.74) is 2.82. The molecule has 1 N–H and O–H groups in total. The molecular weight excluding hydrogens is 352 g/mol. The Hall–Kier alpha value is -3.28. The zero-order valence-electron chi connectivity index (χ0n) is 16.2. The van der Waals surface area contributed by atoms with Gasteiger partial charge in [-0.2, -0.15) is 4.98 Å². The van der Waals surface area contributed by atoms with Crippen LogP contribution in [0.25, 0.3) is 11.3 Å².